The van der Waals surface area contributed by atoms with Crippen LogP contribution < -0.4 is 0 Å². The first-order valence-corrected chi connectivity index (χ1v) is 6.71. The molecular weight excluding hydrogens is 214 g/mol. The Hall–Kier alpha value is -1.12. The smallest absolute Gasteiger partial charge is 0.256 e. The summed E-state index contributed by atoms with van der Waals surface area (Å²) < 4.78 is 0. The van der Waals surface area contributed by atoms with Crippen LogP contribution in [0.1, 0.15) is 58.8 Å². The Bertz CT molecular complexity index is 307. The third kappa shape index (κ3) is 4.33. The van der Waals surface area contributed by atoms with Crippen LogP contribution in [0.3, 0.4) is 0 Å². The van der Waals surface area contributed by atoms with Crippen molar-refractivity contribution in [3.05, 3.63) is 11.6 Å². The summed E-state index contributed by atoms with van der Waals surface area (Å²) in [5.41, 5.74) is 0.568. The summed E-state index contributed by atoms with van der Waals surface area (Å²) in [6.45, 7) is 4.49. The van der Waals surface area contributed by atoms with E-state index < -0.39 is 0 Å². The lowest BCUT2D eigenvalue weighted by Gasteiger charge is -2.13. The van der Waals surface area contributed by atoms with Crippen LogP contribution >= 0.6 is 0 Å². The number of amides is 2. The molecule has 3 nitrogen and oxygen atoms in total. The molecule has 0 unspecified atom stereocenters. The van der Waals surface area contributed by atoms with E-state index in [0.29, 0.717) is 12.1 Å². The second kappa shape index (κ2) is 7.25. The number of rotatable bonds is 8. The highest BCUT2D eigenvalue weighted by Crippen LogP contribution is 2.14. The van der Waals surface area contributed by atoms with Gasteiger partial charge in [0.1, 0.15) is 0 Å². The van der Waals surface area contributed by atoms with Gasteiger partial charge in [-0.2, -0.15) is 0 Å². The minimum absolute atomic E-state index is 0.110. The van der Waals surface area contributed by atoms with Gasteiger partial charge in [-0.3, -0.25) is 14.5 Å². The van der Waals surface area contributed by atoms with Crippen LogP contribution in [0.15, 0.2) is 11.6 Å². The van der Waals surface area contributed by atoms with Crippen molar-refractivity contribution in [1.29, 1.82) is 0 Å². The van der Waals surface area contributed by atoms with Gasteiger partial charge in [-0.15, -0.1) is 0 Å². The first-order valence-electron chi connectivity index (χ1n) is 6.71. The molecule has 0 aromatic heterocycles. The number of nitrogens with zero attached hydrogens (tertiary/aromatic N) is 1. The molecule has 0 aliphatic carbocycles. The molecule has 0 N–H and O–H groups in total. The van der Waals surface area contributed by atoms with E-state index in [1.807, 2.05) is 0 Å². The van der Waals surface area contributed by atoms with E-state index in [1.165, 1.54) is 43.1 Å². The van der Waals surface area contributed by atoms with Crippen LogP contribution in [-0.2, 0) is 9.59 Å². The maximum absolute atomic E-state index is 11.6. The molecule has 0 saturated carbocycles. The van der Waals surface area contributed by atoms with Crippen molar-refractivity contribution < 1.29 is 9.59 Å². The number of imide groups is 1. The van der Waals surface area contributed by atoms with Crippen LogP contribution in [0, 0.1) is 0 Å². The molecule has 0 atom stereocenters. The monoisotopic (exact) mass is 237 g/mol. The fraction of sp³-hybridized carbons (Fsp3) is 0.714. The van der Waals surface area contributed by atoms with Gasteiger partial charge in [-0.1, -0.05) is 45.4 Å². The first-order chi connectivity index (χ1) is 8.16. The minimum atomic E-state index is -0.140. The van der Waals surface area contributed by atoms with Gasteiger partial charge in [0.25, 0.3) is 11.8 Å². The van der Waals surface area contributed by atoms with E-state index in [2.05, 4.69) is 6.92 Å². The fourth-order valence-electron chi connectivity index (χ4n) is 2.08. The number of unbranched alkanes of at least 4 members (excludes halogenated alkanes) is 6. The van der Waals surface area contributed by atoms with E-state index >= 15 is 0 Å². The molecule has 2 amide bonds. The summed E-state index contributed by atoms with van der Waals surface area (Å²) >= 11 is 0. The van der Waals surface area contributed by atoms with Crippen LogP contribution in [0.2, 0.25) is 0 Å². The van der Waals surface area contributed by atoms with E-state index in [1.54, 1.807) is 6.92 Å². The van der Waals surface area contributed by atoms with Gasteiger partial charge >= 0.3 is 0 Å². The molecule has 3 heteroatoms. The first kappa shape index (κ1) is 13.9. The Morgan fingerprint density at radius 1 is 1.00 bits per heavy atom. The quantitative estimate of drug-likeness (QED) is 0.480. The minimum Gasteiger partial charge on any atom is -0.275 e. The topological polar surface area (TPSA) is 37.4 Å². The molecule has 0 saturated heterocycles. The lowest BCUT2D eigenvalue weighted by atomic mass is 10.1. The Balaban J connectivity index is 2.08. The third-order valence-corrected chi connectivity index (χ3v) is 3.17. The van der Waals surface area contributed by atoms with Crippen LogP contribution in [0.5, 0.6) is 0 Å². The molecule has 96 valence electrons. The van der Waals surface area contributed by atoms with E-state index in [-0.39, 0.29) is 11.8 Å². The average molecular weight is 237 g/mol. The SMILES string of the molecule is CCCCCCCCCN1C(=O)C=C(C)C1=O. The van der Waals surface area contributed by atoms with Crippen molar-refractivity contribution in [3.8, 4) is 0 Å². The highest BCUT2D eigenvalue weighted by molar-refractivity contribution is 6.15. The summed E-state index contributed by atoms with van der Waals surface area (Å²) in [5, 5.41) is 0. The summed E-state index contributed by atoms with van der Waals surface area (Å²) in [6.07, 6.45) is 9.84. The van der Waals surface area contributed by atoms with Crippen molar-refractivity contribution in [2.45, 2.75) is 58.8 Å². The van der Waals surface area contributed by atoms with Gasteiger partial charge in [0.15, 0.2) is 0 Å². The molecule has 1 aliphatic rings. The van der Waals surface area contributed by atoms with Gasteiger partial charge in [-0.25, -0.2) is 0 Å². The summed E-state index contributed by atoms with van der Waals surface area (Å²) in [5.74, 6) is -0.250. The van der Waals surface area contributed by atoms with Crippen molar-refractivity contribution in [2.75, 3.05) is 6.54 Å². The zero-order valence-corrected chi connectivity index (χ0v) is 11.0. The highest BCUT2D eigenvalue weighted by atomic mass is 16.2. The molecule has 1 rings (SSSR count). The Kier molecular flexibility index (Phi) is 5.95. The van der Waals surface area contributed by atoms with Gasteiger partial charge in [0, 0.05) is 18.2 Å². The summed E-state index contributed by atoms with van der Waals surface area (Å²) in [4.78, 5) is 24.3. The second-order valence-electron chi connectivity index (χ2n) is 4.74. The number of hydrogen-bond acceptors (Lipinski definition) is 2. The molecule has 1 heterocycles. The van der Waals surface area contributed by atoms with Crippen molar-refractivity contribution in [3.63, 3.8) is 0 Å². The van der Waals surface area contributed by atoms with Crippen LogP contribution in [0.4, 0.5) is 0 Å². The van der Waals surface area contributed by atoms with Gasteiger partial charge < -0.3 is 0 Å². The van der Waals surface area contributed by atoms with E-state index in [9.17, 15) is 9.59 Å². The van der Waals surface area contributed by atoms with E-state index in [0.717, 1.165) is 12.8 Å². The summed E-state index contributed by atoms with van der Waals surface area (Å²) in [7, 11) is 0. The predicted molar refractivity (Wildman–Crippen MR) is 68.5 cm³/mol. The maximum Gasteiger partial charge on any atom is 0.256 e. The standard InChI is InChI=1S/C14H23NO2/c1-3-4-5-6-7-8-9-10-15-13(16)11-12(2)14(15)17/h11H,3-10H2,1-2H3. The number of carbonyl (C=O) groups excluding carboxylic acids is 2. The molecule has 0 bridgehead atoms. The molecule has 1 aliphatic heterocycles. The van der Waals surface area contributed by atoms with Gasteiger partial charge in [0.2, 0.25) is 0 Å². The number of carbonyl (C=O) groups is 2. The van der Waals surface area contributed by atoms with Crippen LogP contribution in [0.25, 0.3) is 0 Å². The highest BCUT2D eigenvalue weighted by Gasteiger charge is 2.27. The lowest BCUT2D eigenvalue weighted by Crippen LogP contribution is -2.31. The zero-order valence-electron chi connectivity index (χ0n) is 11.0. The molecule has 0 radical (unpaired) electrons. The van der Waals surface area contributed by atoms with Crippen molar-refractivity contribution in [1.82, 2.24) is 4.90 Å². The molecule has 0 aromatic carbocycles. The summed E-state index contributed by atoms with van der Waals surface area (Å²) in [6, 6.07) is 0. The predicted octanol–water partition coefficient (Wildman–Crippen LogP) is 3.05. The second-order valence-corrected chi connectivity index (χ2v) is 4.74. The lowest BCUT2D eigenvalue weighted by molar-refractivity contribution is -0.137. The largest absolute Gasteiger partial charge is 0.275 e. The molecular formula is C14H23NO2. The molecule has 0 aromatic rings. The third-order valence-electron chi connectivity index (χ3n) is 3.17. The van der Waals surface area contributed by atoms with Crippen molar-refractivity contribution in [2.24, 2.45) is 0 Å². The Morgan fingerprint density at radius 2 is 1.59 bits per heavy atom. The molecule has 17 heavy (non-hydrogen) atoms. The number of hydrogen-bond donors (Lipinski definition) is 0. The van der Waals surface area contributed by atoms with Crippen molar-refractivity contribution >= 4 is 11.8 Å². The van der Waals surface area contributed by atoms with E-state index in [4.69, 9.17) is 0 Å². The normalized spacial score (nSPS) is 15.6. The fourth-order valence-corrected chi connectivity index (χ4v) is 2.08. The van der Waals surface area contributed by atoms with Gasteiger partial charge in [-0.05, 0) is 13.3 Å². The molecule has 0 spiro atoms. The average Bonchev–Trinajstić information content (AvgIpc) is 2.54. The Labute approximate surface area is 104 Å². The Morgan fingerprint density at radius 3 is 2.12 bits per heavy atom. The van der Waals surface area contributed by atoms with Crippen LogP contribution in [-0.4, -0.2) is 23.3 Å². The molecule has 0 fully saturated rings. The maximum atomic E-state index is 11.6. The zero-order chi connectivity index (χ0) is 12.7. The van der Waals surface area contributed by atoms with Gasteiger partial charge in [0.05, 0.1) is 0 Å².